The number of nitrogens with two attached hydrogens (primary N) is 1. The number of hydrogen-bond acceptors (Lipinski definition) is 2. The zero-order valence-electron chi connectivity index (χ0n) is 10.7. The van der Waals surface area contributed by atoms with Crippen molar-refractivity contribution in [3.63, 3.8) is 0 Å². The standard InChI is InChI=1S/C15H14F2N2O/c16-11-3-1-2-10(8-11)6-7-19-15(20)13-9-12(17)4-5-14(13)18/h1-5,8-9H,6-7,18H2,(H,19,20). The maximum Gasteiger partial charge on any atom is 0.253 e. The van der Waals surface area contributed by atoms with Crippen LogP contribution in [0.4, 0.5) is 14.5 Å². The van der Waals surface area contributed by atoms with E-state index in [-0.39, 0.29) is 17.1 Å². The van der Waals surface area contributed by atoms with Crippen LogP contribution in [0, 0.1) is 11.6 Å². The van der Waals surface area contributed by atoms with E-state index in [1.807, 2.05) is 0 Å². The van der Waals surface area contributed by atoms with Gasteiger partial charge in [0, 0.05) is 12.2 Å². The van der Waals surface area contributed by atoms with Crippen molar-refractivity contribution < 1.29 is 13.6 Å². The topological polar surface area (TPSA) is 55.1 Å². The van der Waals surface area contributed by atoms with Crippen molar-refractivity contribution in [2.45, 2.75) is 6.42 Å². The third-order valence-electron chi connectivity index (χ3n) is 2.85. The van der Waals surface area contributed by atoms with E-state index in [2.05, 4.69) is 5.32 Å². The molecule has 0 aromatic heterocycles. The van der Waals surface area contributed by atoms with E-state index in [1.54, 1.807) is 12.1 Å². The second kappa shape index (κ2) is 6.14. The molecular weight excluding hydrogens is 262 g/mol. The van der Waals surface area contributed by atoms with Crippen LogP contribution >= 0.6 is 0 Å². The normalized spacial score (nSPS) is 10.3. The first-order valence-electron chi connectivity index (χ1n) is 6.14. The SMILES string of the molecule is Nc1ccc(F)cc1C(=O)NCCc1cccc(F)c1. The molecule has 0 saturated heterocycles. The summed E-state index contributed by atoms with van der Waals surface area (Å²) in [6, 6.07) is 9.77. The summed E-state index contributed by atoms with van der Waals surface area (Å²) in [6.07, 6.45) is 0.485. The number of nitrogens with one attached hydrogen (secondary N) is 1. The molecule has 104 valence electrons. The average Bonchev–Trinajstić information content (AvgIpc) is 2.41. The van der Waals surface area contributed by atoms with Gasteiger partial charge in [-0.3, -0.25) is 4.79 Å². The lowest BCUT2D eigenvalue weighted by atomic mass is 10.1. The molecule has 0 atom stereocenters. The van der Waals surface area contributed by atoms with Crippen molar-refractivity contribution >= 4 is 11.6 Å². The number of carbonyl (C=O) groups excluding carboxylic acids is 1. The molecule has 2 aromatic carbocycles. The average molecular weight is 276 g/mol. The summed E-state index contributed by atoms with van der Waals surface area (Å²) in [7, 11) is 0. The molecule has 2 rings (SSSR count). The maximum absolute atomic E-state index is 13.1. The fourth-order valence-corrected chi connectivity index (χ4v) is 1.83. The lowest BCUT2D eigenvalue weighted by Crippen LogP contribution is -2.26. The summed E-state index contributed by atoms with van der Waals surface area (Å²) < 4.78 is 26.0. The van der Waals surface area contributed by atoms with Gasteiger partial charge in [-0.05, 0) is 42.3 Å². The Labute approximate surface area is 115 Å². The number of rotatable bonds is 4. The lowest BCUT2D eigenvalue weighted by Gasteiger charge is -2.08. The molecule has 0 spiro atoms. The molecule has 0 aliphatic carbocycles. The van der Waals surface area contributed by atoms with Gasteiger partial charge in [0.2, 0.25) is 0 Å². The Balaban J connectivity index is 1.94. The Morgan fingerprint density at radius 3 is 2.60 bits per heavy atom. The minimum atomic E-state index is -0.519. The fraction of sp³-hybridized carbons (Fsp3) is 0.133. The second-order valence-electron chi connectivity index (χ2n) is 4.37. The molecule has 1 amide bonds. The summed E-state index contributed by atoms with van der Waals surface area (Å²) >= 11 is 0. The highest BCUT2D eigenvalue weighted by Crippen LogP contribution is 2.13. The van der Waals surface area contributed by atoms with Crippen molar-refractivity contribution in [3.8, 4) is 0 Å². The lowest BCUT2D eigenvalue weighted by molar-refractivity contribution is 0.0954. The van der Waals surface area contributed by atoms with Crippen LogP contribution in [0.5, 0.6) is 0 Å². The molecule has 0 aliphatic rings. The van der Waals surface area contributed by atoms with Crippen molar-refractivity contribution in [1.82, 2.24) is 5.32 Å². The quantitative estimate of drug-likeness (QED) is 0.843. The van der Waals surface area contributed by atoms with E-state index in [4.69, 9.17) is 5.73 Å². The fourth-order valence-electron chi connectivity index (χ4n) is 1.83. The van der Waals surface area contributed by atoms with E-state index >= 15 is 0 Å². The van der Waals surface area contributed by atoms with Gasteiger partial charge < -0.3 is 11.1 Å². The van der Waals surface area contributed by atoms with Gasteiger partial charge in [-0.15, -0.1) is 0 Å². The van der Waals surface area contributed by atoms with Gasteiger partial charge in [-0.2, -0.15) is 0 Å². The van der Waals surface area contributed by atoms with Gasteiger partial charge >= 0.3 is 0 Å². The first-order valence-corrected chi connectivity index (χ1v) is 6.14. The van der Waals surface area contributed by atoms with Gasteiger partial charge in [-0.25, -0.2) is 8.78 Å². The highest BCUT2D eigenvalue weighted by Gasteiger charge is 2.10. The van der Waals surface area contributed by atoms with Crippen LogP contribution in [0.2, 0.25) is 0 Å². The minimum absolute atomic E-state index is 0.101. The highest BCUT2D eigenvalue weighted by atomic mass is 19.1. The summed E-state index contributed by atoms with van der Waals surface area (Å²) in [5.74, 6) is -1.28. The van der Waals surface area contributed by atoms with Gasteiger partial charge in [0.1, 0.15) is 11.6 Å². The second-order valence-corrected chi connectivity index (χ2v) is 4.37. The van der Waals surface area contributed by atoms with Crippen LogP contribution in [-0.2, 0) is 6.42 Å². The maximum atomic E-state index is 13.1. The third kappa shape index (κ3) is 3.54. The van der Waals surface area contributed by atoms with Crippen LogP contribution in [-0.4, -0.2) is 12.5 Å². The van der Waals surface area contributed by atoms with Gasteiger partial charge in [-0.1, -0.05) is 12.1 Å². The molecule has 0 heterocycles. The molecule has 0 radical (unpaired) electrons. The zero-order chi connectivity index (χ0) is 14.5. The van der Waals surface area contributed by atoms with Gasteiger partial charge in [0.05, 0.1) is 5.56 Å². The number of nitrogen functional groups attached to an aromatic ring is 1. The number of amides is 1. The summed E-state index contributed by atoms with van der Waals surface area (Å²) in [5.41, 5.74) is 6.71. The Kier molecular flexibility index (Phi) is 4.30. The number of halogens is 2. The van der Waals surface area contributed by atoms with E-state index < -0.39 is 11.7 Å². The van der Waals surface area contributed by atoms with Crippen molar-refractivity contribution in [3.05, 3.63) is 65.2 Å². The molecule has 0 unspecified atom stereocenters. The molecule has 0 aliphatic heterocycles. The Morgan fingerprint density at radius 2 is 1.85 bits per heavy atom. The van der Waals surface area contributed by atoms with Crippen LogP contribution in [0.3, 0.4) is 0 Å². The number of carbonyl (C=O) groups is 1. The zero-order valence-corrected chi connectivity index (χ0v) is 10.7. The Hall–Kier alpha value is -2.43. The summed E-state index contributed by atoms with van der Waals surface area (Å²) in [4.78, 5) is 11.8. The molecule has 3 nitrogen and oxygen atoms in total. The van der Waals surface area contributed by atoms with Crippen molar-refractivity contribution in [2.75, 3.05) is 12.3 Å². The molecular formula is C15H14F2N2O. The van der Waals surface area contributed by atoms with E-state index in [1.165, 1.54) is 24.3 Å². The largest absolute Gasteiger partial charge is 0.398 e. The highest BCUT2D eigenvalue weighted by molar-refractivity contribution is 5.99. The van der Waals surface area contributed by atoms with E-state index in [0.717, 1.165) is 11.6 Å². The summed E-state index contributed by atoms with van der Waals surface area (Å²) in [6.45, 7) is 0.318. The third-order valence-corrected chi connectivity index (χ3v) is 2.85. The van der Waals surface area contributed by atoms with Crippen molar-refractivity contribution in [1.29, 1.82) is 0 Å². The van der Waals surface area contributed by atoms with Crippen LogP contribution in [0.15, 0.2) is 42.5 Å². The van der Waals surface area contributed by atoms with Crippen LogP contribution in [0.1, 0.15) is 15.9 Å². The smallest absolute Gasteiger partial charge is 0.253 e. The molecule has 3 N–H and O–H groups in total. The predicted octanol–water partition coefficient (Wildman–Crippen LogP) is 2.52. The first kappa shape index (κ1) is 14.0. The van der Waals surface area contributed by atoms with E-state index in [0.29, 0.717) is 13.0 Å². The van der Waals surface area contributed by atoms with Gasteiger partial charge in [0.25, 0.3) is 5.91 Å². The Morgan fingerprint density at radius 1 is 1.10 bits per heavy atom. The predicted molar refractivity (Wildman–Crippen MR) is 73.2 cm³/mol. The van der Waals surface area contributed by atoms with Crippen LogP contribution < -0.4 is 11.1 Å². The summed E-state index contributed by atoms with van der Waals surface area (Å²) in [5, 5.41) is 2.63. The minimum Gasteiger partial charge on any atom is -0.398 e. The molecule has 0 saturated carbocycles. The van der Waals surface area contributed by atoms with Crippen LogP contribution in [0.25, 0.3) is 0 Å². The van der Waals surface area contributed by atoms with Crippen molar-refractivity contribution in [2.24, 2.45) is 0 Å². The Bertz CT molecular complexity index is 629. The van der Waals surface area contributed by atoms with E-state index in [9.17, 15) is 13.6 Å². The number of anilines is 1. The first-order chi connectivity index (χ1) is 9.56. The molecule has 2 aromatic rings. The molecule has 20 heavy (non-hydrogen) atoms. The monoisotopic (exact) mass is 276 g/mol. The molecule has 0 fully saturated rings. The number of benzene rings is 2. The van der Waals surface area contributed by atoms with Gasteiger partial charge in [0.15, 0.2) is 0 Å². The molecule has 0 bridgehead atoms. The molecule has 5 heteroatoms. The number of hydrogen-bond donors (Lipinski definition) is 2.